The quantitative estimate of drug-likeness (QED) is 0.155. The van der Waals surface area contributed by atoms with E-state index in [1.165, 1.54) is 188 Å². The molecule has 0 N–H and O–H groups in total. The molecule has 4 aliphatic carbocycles. The summed E-state index contributed by atoms with van der Waals surface area (Å²) in [7, 11) is 0. The molecular formula is C58H54N2. The van der Waals surface area contributed by atoms with Gasteiger partial charge in [-0.05, 0) is 205 Å². The summed E-state index contributed by atoms with van der Waals surface area (Å²) in [5.74, 6) is 0. The Bertz CT molecular complexity index is 2650. The van der Waals surface area contributed by atoms with E-state index in [4.69, 9.17) is 0 Å². The lowest BCUT2D eigenvalue weighted by molar-refractivity contribution is 0.682. The summed E-state index contributed by atoms with van der Waals surface area (Å²) in [6.45, 7) is 0. The molecule has 0 aliphatic heterocycles. The molecule has 8 aromatic carbocycles. The van der Waals surface area contributed by atoms with Crippen molar-refractivity contribution in [1.29, 1.82) is 0 Å². The van der Waals surface area contributed by atoms with Gasteiger partial charge in [0, 0.05) is 33.5 Å². The van der Waals surface area contributed by atoms with E-state index in [2.05, 4.69) is 143 Å². The standard InChI is InChI=1S/C58H54N2/c1-5-25-43-39(17-1)21-13-33-53(43)59(54-34-14-22-40-18-2-6-26-44(40)54)57-37-51-48-30-10-12-32-50(48)58(38-52(51)47-29-9-11-31-49(47)57)60(55-35-15-23-41-19-3-7-27-45(41)55)56-36-16-24-42-20-4-8-28-46(42)56/h9-16,21-24,29-38H,1-8,17-20,25-28H2. The summed E-state index contributed by atoms with van der Waals surface area (Å²) < 4.78 is 0. The number of fused-ring (bicyclic) bond motifs is 9. The van der Waals surface area contributed by atoms with Crippen molar-refractivity contribution in [2.75, 3.05) is 9.80 Å². The molecule has 60 heavy (non-hydrogen) atoms. The number of hydrogen-bond acceptors (Lipinski definition) is 2. The summed E-state index contributed by atoms with van der Waals surface area (Å²) in [4.78, 5) is 5.41. The molecule has 2 heteroatoms. The highest BCUT2D eigenvalue weighted by molar-refractivity contribution is 6.24. The Morgan fingerprint density at radius 2 is 0.517 bits per heavy atom. The van der Waals surface area contributed by atoms with Crippen LogP contribution in [0.3, 0.4) is 0 Å². The minimum atomic E-state index is 1.14. The van der Waals surface area contributed by atoms with E-state index in [-0.39, 0.29) is 0 Å². The van der Waals surface area contributed by atoms with E-state index in [9.17, 15) is 0 Å². The van der Waals surface area contributed by atoms with Crippen LogP contribution in [-0.4, -0.2) is 0 Å². The van der Waals surface area contributed by atoms with E-state index >= 15 is 0 Å². The van der Waals surface area contributed by atoms with Crippen LogP contribution in [0.25, 0.3) is 32.3 Å². The van der Waals surface area contributed by atoms with Crippen LogP contribution < -0.4 is 9.80 Å². The van der Waals surface area contributed by atoms with Crippen LogP contribution in [0.5, 0.6) is 0 Å². The summed E-state index contributed by atoms with van der Waals surface area (Å²) in [5, 5.41) is 7.92. The largest absolute Gasteiger partial charge is 0.309 e. The lowest BCUT2D eigenvalue weighted by atomic mass is 9.86. The maximum absolute atomic E-state index is 2.71. The molecule has 2 nitrogen and oxygen atoms in total. The lowest BCUT2D eigenvalue weighted by Gasteiger charge is -2.35. The van der Waals surface area contributed by atoms with Crippen molar-refractivity contribution < 1.29 is 0 Å². The van der Waals surface area contributed by atoms with Crippen molar-refractivity contribution >= 4 is 66.4 Å². The smallest absolute Gasteiger partial charge is 0.0546 e. The SMILES string of the molecule is c1cc2c(c(N(c3cccc4c3CCCC4)c3cc4c5ccccc5c(N(c5cccc6c5CCCC6)c5cccc6c5CCCC6)cc4c4ccccc34)c1)CCCC2. The van der Waals surface area contributed by atoms with Crippen molar-refractivity contribution in [1.82, 2.24) is 0 Å². The predicted octanol–water partition coefficient (Wildman–Crippen LogP) is 15.6. The van der Waals surface area contributed by atoms with E-state index in [1.807, 2.05) is 0 Å². The van der Waals surface area contributed by atoms with Crippen LogP contribution >= 0.6 is 0 Å². The zero-order valence-electron chi connectivity index (χ0n) is 34.9. The number of hydrogen-bond donors (Lipinski definition) is 0. The Labute approximate surface area is 355 Å². The Morgan fingerprint density at radius 3 is 0.833 bits per heavy atom. The molecule has 0 aromatic heterocycles. The van der Waals surface area contributed by atoms with Gasteiger partial charge in [-0.15, -0.1) is 0 Å². The molecule has 0 fully saturated rings. The Balaban J connectivity index is 1.17. The van der Waals surface area contributed by atoms with E-state index in [0.29, 0.717) is 0 Å². The highest BCUT2D eigenvalue weighted by Crippen LogP contribution is 2.51. The highest BCUT2D eigenvalue weighted by Gasteiger charge is 2.29. The van der Waals surface area contributed by atoms with Gasteiger partial charge in [0.2, 0.25) is 0 Å². The van der Waals surface area contributed by atoms with Crippen LogP contribution in [0.1, 0.15) is 95.9 Å². The van der Waals surface area contributed by atoms with Crippen molar-refractivity contribution in [2.24, 2.45) is 0 Å². The van der Waals surface area contributed by atoms with E-state index < -0.39 is 0 Å². The van der Waals surface area contributed by atoms with Gasteiger partial charge in [0.05, 0.1) is 11.4 Å². The second-order valence-corrected chi connectivity index (χ2v) is 18.1. The van der Waals surface area contributed by atoms with Crippen molar-refractivity contribution in [3.05, 3.63) is 178 Å². The Hall–Kier alpha value is -5.86. The highest BCUT2D eigenvalue weighted by atomic mass is 15.2. The van der Waals surface area contributed by atoms with Gasteiger partial charge in [0.1, 0.15) is 0 Å². The first kappa shape index (κ1) is 36.0. The number of aryl methyl sites for hydroxylation is 4. The normalized spacial score (nSPS) is 15.9. The minimum absolute atomic E-state index is 1.14. The van der Waals surface area contributed by atoms with Crippen LogP contribution in [-0.2, 0) is 51.4 Å². The van der Waals surface area contributed by atoms with Crippen LogP contribution in [0, 0.1) is 0 Å². The average Bonchev–Trinajstić information content (AvgIpc) is 3.32. The number of anilines is 6. The Morgan fingerprint density at radius 1 is 0.233 bits per heavy atom. The van der Waals surface area contributed by atoms with Gasteiger partial charge in [-0.1, -0.05) is 97.1 Å². The zero-order valence-corrected chi connectivity index (χ0v) is 34.9. The first-order valence-electron chi connectivity index (χ1n) is 23.2. The lowest BCUT2D eigenvalue weighted by Crippen LogP contribution is -2.19. The average molecular weight is 779 g/mol. The fourth-order valence-corrected chi connectivity index (χ4v) is 11.9. The molecule has 296 valence electrons. The molecular weight excluding hydrogens is 725 g/mol. The molecule has 8 aromatic rings. The van der Waals surface area contributed by atoms with Crippen molar-refractivity contribution in [2.45, 2.75) is 103 Å². The fraction of sp³-hybridized carbons (Fsp3) is 0.276. The molecule has 0 unspecified atom stereocenters. The van der Waals surface area contributed by atoms with E-state index in [1.54, 1.807) is 0 Å². The molecule has 0 atom stereocenters. The summed E-state index contributed by atoms with van der Waals surface area (Å²) in [5.41, 5.74) is 20.3. The third-order valence-corrected chi connectivity index (χ3v) is 14.8. The molecule has 0 saturated carbocycles. The predicted molar refractivity (Wildman–Crippen MR) is 255 cm³/mol. The number of rotatable bonds is 6. The number of benzene rings is 8. The monoisotopic (exact) mass is 778 g/mol. The summed E-state index contributed by atoms with van der Waals surface area (Å²) in [6, 6.07) is 52.4. The maximum atomic E-state index is 2.71. The molecule has 0 heterocycles. The first-order valence-corrected chi connectivity index (χ1v) is 23.2. The molecule has 0 spiro atoms. The van der Waals surface area contributed by atoms with Gasteiger partial charge in [0.15, 0.2) is 0 Å². The molecule has 12 rings (SSSR count). The third kappa shape index (κ3) is 5.89. The van der Waals surface area contributed by atoms with Gasteiger partial charge in [-0.2, -0.15) is 0 Å². The van der Waals surface area contributed by atoms with Gasteiger partial charge in [-0.3, -0.25) is 0 Å². The first-order chi connectivity index (χ1) is 29.8. The van der Waals surface area contributed by atoms with Crippen LogP contribution in [0.4, 0.5) is 34.1 Å². The Kier molecular flexibility index (Phi) is 9.01. The molecule has 0 saturated heterocycles. The van der Waals surface area contributed by atoms with Crippen LogP contribution in [0.2, 0.25) is 0 Å². The molecule has 0 bridgehead atoms. The van der Waals surface area contributed by atoms with Gasteiger partial charge in [0.25, 0.3) is 0 Å². The zero-order chi connectivity index (χ0) is 39.6. The van der Waals surface area contributed by atoms with Gasteiger partial charge >= 0.3 is 0 Å². The minimum Gasteiger partial charge on any atom is -0.309 e. The molecule has 0 radical (unpaired) electrons. The van der Waals surface area contributed by atoms with Gasteiger partial charge in [-0.25, -0.2) is 0 Å². The molecule has 0 amide bonds. The van der Waals surface area contributed by atoms with Crippen LogP contribution in [0.15, 0.2) is 133 Å². The topological polar surface area (TPSA) is 6.48 Å². The summed E-state index contributed by atoms with van der Waals surface area (Å²) >= 11 is 0. The van der Waals surface area contributed by atoms with E-state index in [0.717, 1.165) is 25.7 Å². The third-order valence-electron chi connectivity index (χ3n) is 14.8. The molecule has 4 aliphatic rings. The maximum Gasteiger partial charge on any atom is 0.0546 e. The second kappa shape index (κ2) is 15.0. The van der Waals surface area contributed by atoms with Gasteiger partial charge < -0.3 is 9.80 Å². The van der Waals surface area contributed by atoms with Crippen molar-refractivity contribution in [3.63, 3.8) is 0 Å². The number of nitrogens with zero attached hydrogens (tertiary/aromatic N) is 2. The summed E-state index contributed by atoms with van der Waals surface area (Å²) in [6.07, 6.45) is 19.3. The van der Waals surface area contributed by atoms with Crippen molar-refractivity contribution in [3.8, 4) is 0 Å². The fourth-order valence-electron chi connectivity index (χ4n) is 11.9. The second-order valence-electron chi connectivity index (χ2n) is 18.1.